The lowest BCUT2D eigenvalue weighted by molar-refractivity contribution is -0.709. The monoisotopic (exact) mass is 337 g/mol. The van der Waals surface area contributed by atoms with Crippen LogP contribution in [-0.4, -0.2) is 11.9 Å². The molecule has 3 N–H and O–H groups in total. The van der Waals surface area contributed by atoms with Crippen LogP contribution < -0.4 is 10.6 Å². The van der Waals surface area contributed by atoms with Gasteiger partial charge >= 0.3 is 6.18 Å². The topological polar surface area (TPSA) is 45.7 Å². The lowest BCUT2D eigenvalue weighted by atomic mass is 10.1. The van der Waals surface area contributed by atoms with Crippen molar-refractivity contribution in [1.29, 1.82) is 0 Å². The number of carbonyl (C=O) groups is 1. The van der Waals surface area contributed by atoms with Crippen LogP contribution in [0.2, 0.25) is 0 Å². The maximum Gasteiger partial charge on any atom is 0.416 e. The molecule has 0 saturated carbocycles. The Morgan fingerprint density at radius 3 is 2.12 bits per heavy atom. The van der Waals surface area contributed by atoms with Gasteiger partial charge in [0, 0.05) is 11.3 Å². The van der Waals surface area contributed by atoms with E-state index in [4.69, 9.17) is 0 Å². The van der Waals surface area contributed by atoms with Crippen LogP contribution >= 0.6 is 0 Å². The quantitative estimate of drug-likeness (QED) is 0.863. The fraction of sp³-hybridized carbons (Fsp3) is 0.278. The largest absolute Gasteiger partial charge is 0.416 e. The number of alkyl halides is 3. The van der Waals surface area contributed by atoms with Crippen molar-refractivity contribution < 1.29 is 23.3 Å². The summed E-state index contributed by atoms with van der Waals surface area (Å²) < 4.78 is 37.6. The van der Waals surface area contributed by atoms with Gasteiger partial charge < -0.3 is 10.6 Å². The van der Waals surface area contributed by atoms with Gasteiger partial charge in [0.1, 0.15) is 6.04 Å². The van der Waals surface area contributed by atoms with Crippen LogP contribution in [0.5, 0.6) is 0 Å². The molecule has 0 aliphatic rings. The van der Waals surface area contributed by atoms with Crippen molar-refractivity contribution in [2.75, 3.05) is 5.32 Å². The Balaban J connectivity index is 1.94. The molecule has 0 fully saturated rings. The molecular weight excluding hydrogens is 317 g/mol. The molecule has 0 bridgehead atoms. The zero-order chi connectivity index (χ0) is 17.7. The van der Waals surface area contributed by atoms with Crippen LogP contribution in [0.1, 0.15) is 31.0 Å². The Bertz CT molecular complexity index is 669. The van der Waals surface area contributed by atoms with E-state index in [1.54, 1.807) is 6.92 Å². The summed E-state index contributed by atoms with van der Waals surface area (Å²) in [5.41, 5.74) is 0.713. The van der Waals surface area contributed by atoms with Gasteiger partial charge in [-0.25, -0.2) is 0 Å². The van der Waals surface area contributed by atoms with Crippen LogP contribution in [0, 0.1) is 0 Å². The van der Waals surface area contributed by atoms with Crippen molar-refractivity contribution in [3.05, 3.63) is 65.7 Å². The number of hydrogen-bond acceptors (Lipinski definition) is 1. The first kappa shape index (κ1) is 18.0. The van der Waals surface area contributed by atoms with E-state index in [9.17, 15) is 18.0 Å². The second kappa shape index (κ2) is 7.49. The van der Waals surface area contributed by atoms with Crippen LogP contribution in [-0.2, 0) is 11.0 Å². The van der Waals surface area contributed by atoms with E-state index in [2.05, 4.69) is 5.32 Å². The first-order valence-electron chi connectivity index (χ1n) is 7.65. The van der Waals surface area contributed by atoms with Crippen molar-refractivity contribution in [2.45, 2.75) is 32.1 Å². The third kappa shape index (κ3) is 4.83. The van der Waals surface area contributed by atoms with Crippen LogP contribution in [0.3, 0.4) is 0 Å². The van der Waals surface area contributed by atoms with Crippen molar-refractivity contribution in [3.63, 3.8) is 0 Å². The minimum atomic E-state index is -4.38. The van der Waals surface area contributed by atoms with Gasteiger partial charge in [0.15, 0.2) is 6.04 Å². The number of benzene rings is 2. The van der Waals surface area contributed by atoms with E-state index >= 15 is 0 Å². The minimum absolute atomic E-state index is 0.0968. The van der Waals surface area contributed by atoms with Crippen molar-refractivity contribution in [1.82, 2.24) is 0 Å². The van der Waals surface area contributed by atoms with Crippen molar-refractivity contribution in [2.24, 2.45) is 0 Å². The predicted octanol–water partition coefficient (Wildman–Crippen LogP) is 3.36. The molecule has 0 heterocycles. The van der Waals surface area contributed by atoms with Gasteiger partial charge in [0.05, 0.1) is 5.56 Å². The Hall–Kier alpha value is -2.34. The standard InChI is InChI=1S/C18H19F3N2O/c1-12(14-6-4-3-5-7-14)22-13(2)17(24)23-16-10-8-15(9-11-16)18(19,20)21/h3-13,22H,1-2H3,(H,23,24)/p+1/t12-,13+/m0/s1. The minimum Gasteiger partial charge on any atom is -0.330 e. The van der Waals surface area contributed by atoms with Crippen molar-refractivity contribution >= 4 is 11.6 Å². The summed E-state index contributed by atoms with van der Waals surface area (Å²) in [5.74, 6) is -0.252. The summed E-state index contributed by atoms with van der Waals surface area (Å²) in [6.45, 7) is 3.76. The molecule has 128 valence electrons. The molecule has 6 heteroatoms. The summed E-state index contributed by atoms with van der Waals surface area (Å²) in [6, 6.07) is 13.9. The second-order valence-electron chi connectivity index (χ2n) is 5.74. The first-order chi connectivity index (χ1) is 11.3. The number of quaternary nitrogens is 1. The molecule has 3 nitrogen and oxygen atoms in total. The lowest BCUT2D eigenvalue weighted by Crippen LogP contribution is -2.91. The summed E-state index contributed by atoms with van der Waals surface area (Å²) in [5, 5.41) is 4.55. The van der Waals surface area contributed by atoms with Crippen molar-refractivity contribution in [3.8, 4) is 0 Å². The number of halogens is 3. The molecule has 0 aliphatic heterocycles. The summed E-state index contributed by atoms with van der Waals surface area (Å²) >= 11 is 0. The maximum atomic E-state index is 12.5. The Morgan fingerprint density at radius 1 is 1.00 bits per heavy atom. The fourth-order valence-corrected chi connectivity index (χ4v) is 2.39. The summed E-state index contributed by atoms with van der Waals surface area (Å²) in [7, 11) is 0. The highest BCUT2D eigenvalue weighted by atomic mass is 19.4. The van der Waals surface area contributed by atoms with Gasteiger partial charge in [-0.1, -0.05) is 30.3 Å². The van der Waals surface area contributed by atoms with E-state index in [0.717, 1.165) is 17.7 Å². The second-order valence-corrected chi connectivity index (χ2v) is 5.74. The Labute approximate surface area is 138 Å². The molecular formula is C18H20F3N2O+. The summed E-state index contributed by atoms with van der Waals surface area (Å²) in [6.07, 6.45) is -4.38. The Morgan fingerprint density at radius 2 is 1.58 bits per heavy atom. The smallest absolute Gasteiger partial charge is 0.330 e. The number of rotatable bonds is 5. The Kier molecular flexibility index (Phi) is 5.62. The highest BCUT2D eigenvalue weighted by Crippen LogP contribution is 2.29. The molecule has 2 aromatic rings. The van der Waals surface area contributed by atoms with Crippen LogP contribution in [0.15, 0.2) is 54.6 Å². The van der Waals surface area contributed by atoms with Gasteiger partial charge in [-0.05, 0) is 38.1 Å². The van der Waals surface area contributed by atoms with E-state index in [-0.39, 0.29) is 18.0 Å². The fourth-order valence-electron chi connectivity index (χ4n) is 2.39. The molecule has 0 unspecified atom stereocenters. The van der Waals surface area contributed by atoms with Gasteiger partial charge in [-0.3, -0.25) is 4.79 Å². The highest BCUT2D eigenvalue weighted by molar-refractivity contribution is 5.93. The average molecular weight is 337 g/mol. The molecule has 2 rings (SSSR count). The van der Waals surface area contributed by atoms with E-state index in [0.29, 0.717) is 5.69 Å². The maximum absolute atomic E-state index is 12.5. The third-order valence-corrected chi connectivity index (χ3v) is 3.80. The summed E-state index contributed by atoms with van der Waals surface area (Å²) in [4.78, 5) is 12.2. The lowest BCUT2D eigenvalue weighted by Gasteiger charge is -2.17. The molecule has 0 radical (unpaired) electrons. The number of nitrogens with one attached hydrogen (secondary N) is 1. The number of carbonyl (C=O) groups excluding carboxylic acids is 1. The van der Waals surface area contributed by atoms with Gasteiger partial charge in [0.2, 0.25) is 0 Å². The molecule has 0 spiro atoms. The van der Waals surface area contributed by atoms with Crippen LogP contribution in [0.25, 0.3) is 0 Å². The molecule has 1 amide bonds. The normalized spacial score (nSPS) is 14.0. The van der Waals surface area contributed by atoms with E-state index in [1.165, 1.54) is 12.1 Å². The first-order valence-corrected chi connectivity index (χ1v) is 7.65. The van der Waals surface area contributed by atoms with Gasteiger partial charge in [0.25, 0.3) is 5.91 Å². The average Bonchev–Trinajstić information content (AvgIpc) is 2.55. The number of anilines is 1. The van der Waals surface area contributed by atoms with Crippen LogP contribution in [0.4, 0.5) is 18.9 Å². The third-order valence-electron chi connectivity index (χ3n) is 3.80. The molecule has 24 heavy (non-hydrogen) atoms. The van der Waals surface area contributed by atoms with Gasteiger partial charge in [-0.2, -0.15) is 13.2 Å². The molecule has 2 atom stereocenters. The predicted molar refractivity (Wildman–Crippen MR) is 86.3 cm³/mol. The zero-order valence-electron chi connectivity index (χ0n) is 13.5. The SMILES string of the molecule is C[C@H]([NH2+][C@H](C)C(=O)Nc1ccc(C(F)(F)F)cc1)c1ccccc1. The molecule has 0 saturated heterocycles. The molecule has 2 aromatic carbocycles. The molecule has 0 aromatic heterocycles. The van der Waals surface area contributed by atoms with E-state index in [1.807, 2.05) is 42.6 Å². The zero-order valence-corrected chi connectivity index (χ0v) is 13.5. The number of nitrogens with two attached hydrogens (primary N) is 1. The number of hydrogen-bond donors (Lipinski definition) is 2. The highest BCUT2D eigenvalue weighted by Gasteiger charge is 2.30. The number of amides is 1. The molecule has 0 aliphatic carbocycles. The van der Waals surface area contributed by atoms with Gasteiger partial charge in [-0.15, -0.1) is 0 Å². The van der Waals surface area contributed by atoms with E-state index < -0.39 is 11.7 Å².